The first-order chi connectivity index (χ1) is 12.5. The second-order valence-corrected chi connectivity index (χ2v) is 9.85. The highest BCUT2D eigenvalue weighted by Gasteiger charge is 2.31. The third kappa shape index (κ3) is 6.62. The normalized spacial score (nSPS) is 15.4. The lowest BCUT2D eigenvalue weighted by Gasteiger charge is -2.07. The molecule has 0 spiro atoms. The van der Waals surface area contributed by atoms with Gasteiger partial charge in [0.1, 0.15) is 0 Å². The van der Waals surface area contributed by atoms with Crippen molar-refractivity contribution in [2.75, 3.05) is 6.16 Å². The molecule has 0 amide bonds. The lowest BCUT2D eigenvalue weighted by Crippen LogP contribution is -2.02. The molecule has 0 saturated heterocycles. The zero-order chi connectivity index (χ0) is 18.9. The van der Waals surface area contributed by atoms with Gasteiger partial charge in [0, 0.05) is 0 Å². The smallest absolute Gasteiger partial charge is 0.234 e. The lowest BCUT2D eigenvalue weighted by atomic mass is 9.99. The Bertz CT molecular complexity index is 592. The summed E-state index contributed by atoms with van der Waals surface area (Å²) < 4.78 is 12.4. The summed E-state index contributed by atoms with van der Waals surface area (Å²) in [4.78, 5) is 12.5. The predicted octanol–water partition coefficient (Wildman–Crippen LogP) is 7.50. The SMILES string of the molecule is Cc1cc(C)c(C(=O)[P+](=O)CCCCCCCCC2CCCC2)c(C)c1. The number of hydrogen-bond acceptors (Lipinski definition) is 2. The molecule has 1 aliphatic carbocycles. The van der Waals surface area contributed by atoms with Gasteiger partial charge < -0.3 is 0 Å². The van der Waals surface area contributed by atoms with Crippen molar-refractivity contribution in [3.63, 3.8) is 0 Å². The van der Waals surface area contributed by atoms with E-state index < -0.39 is 7.80 Å². The third-order valence-corrected chi connectivity index (χ3v) is 7.21. The minimum Gasteiger partial charge on any atom is -0.234 e. The first-order valence-electron chi connectivity index (χ1n) is 10.6. The molecule has 1 atom stereocenters. The number of benzene rings is 1. The van der Waals surface area contributed by atoms with Crippen LogP contribution in [0.2, 0.25) is 0 Å². The lowest BCUT2D eigenvalue weighted by molar-refractivity contribution is 0.107. The predicted molar refractivity (Wildman–Crippen MR) is 112 cm³/mol. The van der Waals surface area contributed by atoms with Gasteiger partial charge in [-0.25, -0.2) is 4.79 Å². The maximum Gasteiger partial charge on any atom is 0.420 e. The van der Waals surface area contributed by atoms with Crippen molar-refractivity contribution in [2.45, 2.75) is 91.4 Å². The monoisotopic (exact) mass is 375 g/mol. The quantitative estimate of drug-likeness (QED) is 0.296. The Morgan fingerprint density at radius 1 is 0.923 bits per heavy atom. The third-order valence-electron chi connectivity index (χ3n) is 5.82. The van der Waals surface area contributed by atoms with Crippen molar-refractivity contribution >= 4 is 13.3 Å². The molecule has 1 aromatic rings. The highest BCUT2D eigenvalue weighted by Crippen LogP contribution is 2.32. The van der Waals surface area contributed by atoms with E-state index in [0.717, 1.165) is 35.4 Å². The fourth-order valence-corrected chi connectivity index (χ4v) is 5.75. The number of carbonyl (C=O) groups excluding carboxylic acids is 1. The second-order valence-electron chi connectivity index (χ2n) is 8.24. The van der Waals surface area contributed by atoms with Crippen LogP contribution in [0.1, 0.15) is 97.7 Å². The first-order valence-corrected chi connectivity index (χ1v) is 12.0. The summed E-state index contributed by atoms with van der Waals surface area (Å²) in [5.74, 6) is 1.01. The summed E-state index contributed by atoms with van der Waals surface area (Å²) in [5.41, 5.74) is 3.60. The van der Waals surface area contributed by atoms with E-state index in [0.29, 0.717) is 11.7 Å². The molecule has 2 nitrogen and oxygen atoms in total. The van der Waals surface area contributed by atoms with E-state index in [9.17, 15) is 9.36 Å². The van der Waals surface area contributed by atoms with Crippen LogP contribution in [-0.2, 0) is 4.57 Å². The number of hydrogen-bond donors (Lipinski definition) is 0. The molecule has 0 aliphatic heterocycles. The highest BCUT2D eigenvalue weighted by atomic mass is 31.1. The van der Waals surface area contributed by atoms with Gasteiger partial charge in [0.05, 0.1) is 5.56 Å². The Balaban J connectivity index is 1.60. The molecule has 1 aromatic carbocycles. The fourth-order valence-electron chi connectivity index (χ4n) is 4.44. The number of carbonyl (C=O) groups is 1. The number of unbranched alkanes of at least 4 members (excludes halogenated alkanes) is 5. The van der Waals surface area contributed by atoms with Gasteiger partial charge in [-0.15, -0.1) is 0 Å². The van der Waals surface area contributed by atoms with E-state index >= 15 is 0 Å². The molecule has 1 fully saturated rings. The van der Waals surface area contributed by atoms with Crippen LogP contribution < -0.4 is 0 Å². The van der Waals surface area contributed by atoms with Crippen LogP contribution in [0.3, 0.4) is 0 Å². The molecule has 1 saturated carbocycles. The zero-order valence-electron chi connectivity index (χ0n) is 17.0. The Kier molecular flexibility index (Phi) is 8.99. The molecule has 144 valence electrons. The summed E-state index contributed by atoms with van der Waals surface area (Å²) in [6.45, 7) is 5.92. The summed E-state index contributed by atoms with van der Waals surface area (Å²) in [5, 5.41) is 0. The molecule has 0 bridgehead atoms. The van der Waals surface area contributed by atoms with Crippen LogP contribution in [-0.4, -0.2) is 11.7 Å². The van der Waals surface area contributed by atoms with Gasteiger partial charge in [0.2, 0.25) is 0 Å². The van der Waals surface area contributed by atoms with Crippen LogP contribution in [0, 0.1) is 26.7 Å². The van der Waals surface area contributed by atoms with E-state index in [1.807, 2.05) is 32.9 Å². The topological polar surface area (TPSA) is 34.1 Å². The average molecular weight is 376 g/mol. The largest absolute Gasteiger partial charge is 0.420 e. The van der Waals surface area contributed by atoms with Gasteiger partial charge in [-0.05, 0) is 50.7 Å². The Hall–Kier alpha value is -1.01. The summed E-state index contributed by atoms with van der Waals surface area (Å²) in [6.07, 6.45) is 15.0. The van der Waals surface area contributed by atoms with Crippen LogP contribution in [0.15, 0.2) is 12.1 Å². The van der Waals surface area contributed by atoms with Gasteiger partial charge in [-0.2, -0.15) is 0 Å². The molecule has 0 radical (unpaired) electrons. The Morgan fingerprint density at radius 3 is 2.08 bits per heavy atom. The number of rotatable bonds is 11. The Labute approximate surface area is 160 Å². The summed E-state index contributed by atoms with van der Waals surface area (Å²) >= 11 is 0. The van der Waals surface area contributed by atoms with Crippen molar-refractivity contribution in [3.8, 4) is 0 Å². The van der Waals surface area contributed by atoms with Crippen LogP contribution in [0.25, 0.3) is 0 Å². The molecule has 0 aromatic heterocycles. The van der Waals surface area contributed by atoms with Crippen molar-refractivity contribution in [2.24, 2.45) is 5.92 Å². The van der Waals surface area contributed by atoms with E-state index in [-0.39, 0.29) is 5.52 Å². The summed E-state index contributed by atoms with van der Waals surface area (Å²) in [7, 11) is -1.78. The van der Waals surface area contributed by atoms with Crippen LogP contribution in [0.5, 0.6) is 0 Å². The molecule has 1 aliphatic rings. The summed E-state index contributed by atoms with van der Waals surface area (Å²) in [6, 6.07) is 4.02. The van der Waals surface area contributed by atoms with Crippen molar-refractivity contribution in [3.05, 3.63) is 34.4 Å². The Morgan fingerprint density at radius 2 is 1.46 bits per heavy atom. The van der Waals surface area contributed by atoms with Gasteiger partial charge in [-0.1, -0.05) is 80.0 Å². The van der Waals surface area contributed by atoms with Crippen molar-refractivity contribution < 1.29 is 9.36 Å². The molecular weight excluding hydrogens is 339 g/mol. The minimum absolute atomic E-state index is 0.147. The molecule has 26 heavy (non-hydrogen) atoms. The van der Waals surface area contributed by atoms with E-state index in [1.54, 1.807) is 0 Å². The highest BCUT2D eigenvalue weighted by molar-refractivity contribution is 7.64. The standard InChI is InChI=1S/C23H36O2P/c1-18-16-19(2)22(20(3)17-18)23(24)26(25)15-11-7-5-4-6-8-12-21-13-9-10-14-21/h16-17,21H,4-15H2,1-3H3/q+1. The average Bonchev–Trinajstić information content (AvgIpc) is 3.09. The molecular formula is C23H36O2P+. The molecule has 1 unspecified atom stereocenters. The van der Waals surface area contributed by atoms with Crippen molar-refractivity contribution in [1.29, 1.82) is 0 Å². The molecule has 0 heterocycles. The van der Waals surface area contributed by atoms with Crippen LogP contribution >= 0.6 is 7.80 Å². The van der Waals surface area contributed by atoms with E-state index in [1.165, 1.54) is 57.8 Å². The van der Waals surface area contributed by atoms with Gasteiger partial charge in [-0.3, -0.25) is 0 Å². The van der Waals surface area contributed by atoms with Crippen molar-refractivity contribution in [1.82, 2.24) is 0 Å². The van der Waals surface area contributed by atoms with E-state index in [4.69, 9.17) is 0 Å². The molecule has 2 rings (SSSR count). The van der Waals surface area contributed by atoms with Gasteiger partial charge >= 0.3 is 13.3 Å². The number of aryl methyl sites for hydroxylation is 3. The minimum atomic E-state index is -1.78. The zero-order valence-corrected chi connectivity index (χ0v) is 17.9. The van der Waals surface area contributed by atoms with Gasteiger partial charge in [0.25, 0.3) is 0 Å². The molecule has 0 N–H and O–H groups in total. The maximum atomic E-state index is 12.5. The second kappa shape index (κ2) is 11.0. The van der Waals surface area contributed by atoms with Crippen LogP contribution in [0.4, 0.5) is 0 Å². The fraction of sp³-hybridized carbons (Fsp3) is 0.696. The maximum absolute atomic E-state index is 12.5. The first kappa shape index (κ1) is 21.3. The van der Waals surface area contributed by atoms with E-state index in [2.05, 4.69) is 0 Å². The van der Waals surface area contributed by atoms with Gasteiger partial charge in [0.15, 0.2) is 6.16 Å². The molecule has 3 heteroatoms.